The van der Waals surface area contributed by atoms with Gasteiger partial charge in [0.25, 0.3) is 0 Å². The summed E-state index contributed by atoms with van der Waals surface area (Å²) in [6.45, 7) is 3.83. The highest BCUT2D eigenvalue weighted by atomic mass is 79.9. The van der Waals surface area contributed by atoms with Gasteiger partial charge < -0.3 is 0 Å². The predicted molar refractivity (Wildman–Crippen MR) is 53.6 cm³/mol. The van der Waals surface area contributed by atoms with Gasteiger partial charge in [0.05, 0.1) is 12.8 Å². The quantitative estimate of drug-likeness (QED) is 0.769. The van der Waals surface area contributed by atoms with E-state index in [-0.39, 0.29) is 0 Å². The maximum absolute atomic E-state index is 4.96. The molecule has 1 aromatic rings. The first-order chi connectivity index (χ1) is 5.65. The van der Waals surface area contributed by atoms with E-state index in [4.69, 9.17) is 4.84 Å². The molecule has 1 rings (SSSR count). The summed E-state index contributed by atoms with van der Waals surface area (Å²) in [4.78, 5) is 9.15. The molecule has 0 aliphatic rings. The van der Waals surface area contributed by atoms with Crippen molar-refractivity contribution in [1.82, 2.24) is 10.0 Å². The molecule has 0 saturated carbocycles. The molecule has 5 heteroatoms. The first kappa shape index (κ1) is 9.70. The molecule has 12 heavy (non-hydrogen) atoms. The molecule has 0 amide bonds. The van der Waals surface area contributed by atoms with Crippen molar-refractivity contribution < 1.29 is 4.84 Å². The van der Waals surface area contributed by atoms with Crippen LogP contribution in [0, 0.1) is 0 Å². The maximum atomic E-state index is 4.96. The lowest BCUT2D eigenvalue weighted by Gasteiger charge is -2.16. The number of halogens is 1. The lowest BCUT2D eigenvalue weighted by molar-refractivity contribution is -0.0526. The number of hydrogen-bond acceptors (Lipinski definition) is 4. The molecule has 3 nitrogen and oxygen atoms in total. The minimum atomic E-state index is 0.749. The molecule has 1 aromatic heterocycles. The lowest BCUT2D eigenvalue weighted by Crippen LogP contribution is -2.14. The van der Waals surface area contributed by atoms with Gasteiger partial charge in [0.1, 0.15) is 5.69 Å². The van der Waals surface area contributed by atoms with Gasteiger partial charge in [-0.2, -0.15) is 0 Å². The number of thiazole rings is 1. The largest absolute Gasteiger partial charge is 0.277 e. The highest BCUT2D eigenvalue weighted by Gasteiger charge is 2.07. The van der Waals surface area contributed by atoms with Gasteiger partial charge in [0.2, 0.25) is 0 Å². The Balaban J connectivity index is 2.78. The van der Waals surface area contributed by atoms with Crippen molar-refractivity contribution in [2.75, 3.05) is 14.2 Å². The summed E-state index contributed by atoms with van der Waals surface area (Å²) in [6.07, 6.45) is 0. The molecule has 0 atom stereocenters. The highest BCUT2D eigenvalue weighted by Crippen LogP contribution is 2.22. The van der Waals surface area contributed by atoms with Crippen molar-refractivity contribution in [1.29, 1.82) is 0 Å². The Bertz CT molecular complexity index is 287. The van der Waals surface area contributed by atoms with Crippen LogP contribution in [-0.4, -0.2) is 24.2 Å². The Kier molecular flexibility index (Phi) is 3.25. The van der Waals surface area contributed by atoms with Crippen LogP contribution in [0.15, 0.2) is 15.9 Å². The predicted octanol–water partition coefficient (Wildman–Crippen LogP) is 2.37. The van der Waals surface area contributed by atoms with E-state index in [1.165, 1.54) is 11.3 Å². The van der Waals surface area contributed by atoms with Crippen LogP contribution < -0.4 is 0 Å². The van der Waals surface area contributed by atoms with Crippen molar-refractivity contribution in [2.24, 2.45) is 0 Å². The van der Waals surface area contributed by atoms with Gasteiger partial charge in [-0.05, 0) is 15.9 Å². The van der Waals surface area contributed by atoms with Crippen LogP contribution in [0.3, 0.4) is 0 Å². The van der Waals surface area contributed by atoms with E-state index in [2.05, 4.69) is 27.5 Å². The molecule has 0 radical (unpaired) electrons. The van der Waals surface area contributed by atoms with Gasteiger partial charge in [-0.25, -0.2) is 4.98 Å². The van der Waals surface area contributed by atoms with Crippen molar-refractivity contribution >= 4 is 33.0 Å². The zero-order valence-electron chi connectivity index (χ0n) is 6.87. The zero-order valence-corrected chi connectivity index (χ0v) is 9.28. The summed E-state index contributed by atoms with van der Waals surface area (Å²) in [7, 11) is 3.38. The van der Waals surface area contributed by atoms with E-state index in [1.54, 1.807) is 19.2 Å². The molecule has 0 saturated heterocycles. The Hall–Kier alpha value is -0.390. The van der Waals surface area contributed by atoms with E-state index in [1.807, 2.05) is 5.38 Å². The number of nitrogens with zero attached hydrogens (tertiary/aromatic N) is 2. The fourth-order valence-corrected chi connectivity index (χ4v) is 1.68. The summed E-state index contributed by atoms with van der Waals surface area (Å²) >= 11 is 4.80. The molecular weight excluding hydrogens is 240 g/mol. The lowest BCUT2D eigenvalue weighted by atomic mass is 10.4. The fraction of sp³-hybridized carbons (Fsp3) is 0.286. The summed E-state index contributed by atoms with van der Waals surface area (Å²) in [5.41, 5.74) is 1.58. The summed E-state index contributed by atoms with van der Waals surface area (Å²) in [5.74, 6) is 0. The van der Waals surface area contributed by atoms with E-state index in [9.17, 15) is 0 Å². The molecule has 1 heterocycles. The molecule has 0 aliphatic carbocycles. The standard InChI is InChI=1S/C7H9BrN2OS/c1-5(10(2)11-3)6-4-12-7(8)9-6/h4H,1H2,2-3H3. The van der Waals surface area contributed by atoms with Crippen LogP contribution in [0.5, 0.6) is 0 Å². The monoisotopic (exact) mass is 248 g/mol. The molecule has 66 valence electrons. The number of aromatic nitrogens is 1. The van der Waals surface area contributed by atoms with Gasteiger partial charge in [-0.15, -0.1) is 11.3 Å². The van der Waals surface area contributed by atoms with Crippen LogP contribution in [0.25, 0.3) is 5.70 Å². The molecular formula is C7H9BrN2OS. The number of hydrogen-bond donors (Lipinski definition) is 0. The fourth-order valence-electron chi connectivity index (χ4n) is 0.656. The molecule has 0 spiro atoms. The van der Waals surface area contributed by atoms with Crippen LogP contribution >= 0.6 is 27.3 Å². The van der Waals surface area contributed by atoms with Crippen molar-refractivity contribution in [3.63, 3.8) is 0 Å². The topological polar surface area (TPSA) is 25.4 Å². The van der Waals surface area contributed by atoms with Crippen LogP contribution in [0.2, 0.25) is 0 Å². The third-order valence-electron chi connectivity index (χ3n) is 1.43. The maximum Gasteiger partial charge on any atom is 0.159 e. The third-order valence-corrected chi connectivity index (χ3v) is 2.79. The minimum Gasteiger partial charge on any atom is -0.277 e. The van der Waals surface area contributed by atoms with Gasteiger partial charge >= 0.3 is 0 Å². The Morgan fingerprint density at radius 2 is 2.50 bits per heavy atom. The smallest absolute Gasteiger partial charge is 0.159 e. The number of hydroxylamine groups is 2. The van der Waals surface area contributed by atoms with Crippen LogP contribution in [-0.2, 0) is 4.84 Å². The molecule has 0 aliphatic heterocycles. The van der Waals surface area contributed by atoms with Crippen molar-refractivity contribution in [2.45, 2.75) is 0 Å². The Labute approximate surface area is 83.8 Å². The first-order valence-corrected chi connectivity index (χ1v) is 4.90. The summed E-state index contributed by atoms with van der Waals surface area (Å²) < 4.78 is 0.850. The molecule has 0 fully saturated rings. The molecule has 0 bridgehead atoms. The van der Waals surface area contributed by atoms with Gasteiger partial charge in [-0.3, -0.25) is 9.90 Å². The minimum absolute atomic E-state index is 0.749. The first-order valence-electron chi connectivity index (χ1n) is 3.23. The highest BCUT2D eigenvalue weighted by molar-refractivity contribution is 9.11. The SMILES string of the molecule is C=C(c1csc(Br)n1)N(C)OC. The molecule has 0 unspecified atom stereocenters. The average molecular weight is 249 g/mol. The third kappa shape index (κ3) is 2.06. The van der Waals surface area contributed by atoms with E-state index in [0.717, 1.165) is 15.3 Å². The van der Waals surface area contributed by atoms with Crippen molar-refractivity contribution in [3.8, 4) is 0 Å². The second kappa shape index (κ2) is 4.02. The average Bonchev–Trinajstić information content (AvgIpc) is 2.49. The molecule has 0 aromatic carbocycles. The van der Waals surface area contributed by atoms with E-state index < -0.39 is 0 Å². The van der Waals surface area contributed by atoms with Crippen LogP contribution in [0.1, 0.15) is 5.69 Å². The van der Waals surface area contributed by atoms with Gasteiger partial charge in [-0.1, -0.05) is 6.58 Å². The van der Waals surface area contributed by atoms with E-state index >= 15 is 0 Å². The second-order valence-electron chi connectivity index (χ2n) is 2.11. The normalized spacial score (nSPS) is 9.92. The molecule has 0 N–H and O–H groups in total. The van der Waals surface area contributed by atoms with Gasteiger partial charge in [0.15, 0.2) is 3.92 Å². The van der Waals surface area contributed by atoms with Gasteiger partial charge in [0, 0.05) is 12.4 Å². The Morgan fingerprint density at radius 1 is 1.83 bits per heavy atom. The Morgan fingerprint density at radius 3 is 2.92 bits per heavy atom. The van der Waals surface area contributed by atoms with Crippen LogP contribution in [0.4, 0.5) is 0 Å². The van der Waals surface area contributed by atoms with E-state index in [0.29, 0.717) is 0 Å². The zero-order chi connectivity index (χ0) is 9.14. The summed E-state index contributed by atoms with van der Waals surface area (Å²) in [6, 6.07) is 0. The number of rotatable bonds is 3. The summed E-state index contributed by atoms with van der Waals surface area (Å²) in [5, 5.41) is 3.49. The van der Waals surface area contributed by atoms with Crippen molar-refractivity contribution in [3.05, 3.63) is 21.6 Å². The second-order valence-corrected chi connectivity index (χ2v) is 4.25.